The van der Waals surface area contributed by atoms with Crippen LogP contribution in [0.25, 0.3) is 5.69 Å². The van der Waals surface area contributed by atoms with Crippen molar-refractivity contribution in [1.29, 1.82) is 0 Å². The maximum absolute atomic E-state index is 12.2. The second kappa shape index (κ2) is 8.06. The van der Waals surface area contributed by atoms with Crippen LogP contribution in [0.5, 0.6) is 0 Å². The Morgan fingerprint density at radius 1 is 1.18 bits per heavy atom. The van der Waals surface area contributed by atoms with Crippen molar-refractivity contribution in [3.8, 4) is 5.69 Å². The molecule has 2 aromatic carbocycles. The number of carbonyl (C=O) groups is 1. The molecule has 8 heteroatoms. The largest absolute Gasteiger partial charge is 0.318 e. The number of para-hydroxylation sites is 1. The van der Waals surface area contributed by atoms with Crippen molar-refractivity contribution in [2.24, 2.45) is 5.10 Å². The molecule has 0 spiro atoms. The van der Waals surface area contributed by atoms with Crippen LogP contribution in [-0.4, -0.2) is 21.6 Å². The number of nitro benzene ring substituents is 1. The first-order chi connectivity index (χ1) is 13.4. The molecule has 0 aliphatic carbocycles. The second-order valence-electron chi connectivity index (χ2n) is 6.12. The van der Waals surface area contributed by atoms with Crippen LogP contribution in [0.4, 0.5) is 5.69 Å². The van der Waals surface area contributed by atoms with Crippen molar-refractivity contribution in [3.05, 3.63) is 92.2 Å². The second-order valence-corrected chi connectivity index (χ2v) is 6.55. The first kappa shape index (κ1) is 19.3. The Bertz CT molecular complexity index is 1090. The Balaban J connectivity index is 1.82. The number of hydrazone groups is 1. The van der Waals surface area contributed by atoms with E-state index in [1.807, 2.05) is 42.7 Å². The number of rotatable bonds is 5. The minimum atomic E-state index is -0.646. The maximum Gasteiger partial charge on any atom is 0.282 e. The van der Waals surface area contributed by atoms with Crippen LogP contribution in [0.15, 0.2) is 59.7 Å². The molecule has 142 valence electrons. The summed E-state index contributed by atoms with van der Waals surface area (Å²) in [5.74, 6) is -0.646. The van der Waals surface area contributed by atoms with Crippen LogP contribution in [0.1, 0.15) is 27.3 Å². The van der Waals surface area contributed by atoms with E-state index in [-0.39, 0.29) is 11.3 Å². The number of nitrogens with one attached hydrogen (secondary N) is 1. The molecule has 1 amide bonds. The molecule has 3 rings (SSSR count). The molecule has 1 aromatic heterocycles. The van der Waals surface area contributed by atoms with Gasteiger partial charge in [0.25, 0.3) is 11.6 Å². The highest BCUT2D eigenvalue weighted by Gasteiger charge is 2.18. The van der Waals surface area contributed by atoms with Crippen LogP contribution in [0.2, 0.25) is 5.02 Å². The lowest BCUT2D eigenvalue weighted by atomic mass is 10.2. The third-order valence-electron chi connectivity index (χ3n) is 4.25. The monoisotopic (exact) mass is 396 g/mol. The summed E-state index contributed by atoms with van der Waals surface area (Å²) in [7, 11) is 0. The molecule has 0 unspecified atom stereocenters. The average Bonchev–Trinajstić information content (AvgIpc) is 2.95. The van der Waals surface area contributed by atoms with Crippen LogP contribution >= 0.6 is 11.6 Å². The molecule has 1 heterocycles. The fraction of sp³-hybridized carbons (Fsp3) is 0.100. The number of hydrogen-bond donors (Lipinski definition) is 1. The zero-order valence-electron chi connectivity index (χ0n) is 15.2. The summed E-state index contributed by atoms with van der Waals surface area (Å²) in [6, 6.07) is 15.1. The van der Waals surface area contributed by atoms with Crippen molar-refractivity contribution >= 4 is 29.4 Å². The van der Waals surface area contributed by atoms with Gasteiger partial charge in [-0.1, -0.05) is 29.8 Å². The van der Waals surface area contributed by atoms with E-state index in [2.05, 4.69) is 10.5 Å². The Labute approximate surface area is 166 Å². The Hall–Kier alpha value is -3.45. The Morgan fingerprint density at radius 3 is 2.64 bits per heavy atom. The van der Waals surface area contributed by atoms with Crippen LogP contribution in [0.3, 0.4) is 0 Å². The number of aromatic nitrogens is 1. The smallest absolute Gasteiger partial charge is 0.282 e. The summed E-state index contributed by atoms with van der Waals surface area (Å²) in [6.07, 6.45) is 1.51. The lowest BCUT2D eigenvalue weighted by Crippen LogP contribution is -2.19. The van der Waals surface area contributed by atoms with E-state index in [0.29, 0.717) is 5.02 Å². The molecule has 0 radical (unpaired) electrons. The summed E-state index contributed by atoms with van der Waals surface area (Å²) < 4.78 is 2.02. The molecule has 0 bridgehead atoms. The van der Waals surface area contributed by atoms with Gasteiger partial charge in [-0.05, 0) is 44.2 Å². The van der Waals surface area contributed by atoms with Gasteiger partial charge < -0.3 is 4.57 Å². The first-order valence-electron chi connectivity index (χ1n) is 8.40. The molecule has 0 saturated heterocycles. The molecule has 0 aliphatic heterocycles. The third-order valence-corrected chi connectivity index (χ3v) is 4.49. The summed E-state index contributed by atoms with van der Waals surface area (Å²) in [5.41, 5.74) is 5.65. The minimum absolute atomic E-state index is 0.0472. The van der Waals surface area contributed by atoms with Crippen LogP contribution < -0.4 is 5.43 Å². The number of aryl methyl sites for hydroxylation is 1. The van der Waals surface area contributed by atoms with Crippen LogP contribution in [-0.2, 0) is 0 Å². The molecule has 1 N–H and O–H groups in total. The average molecular weight is 397 g/mol. The molecular weight excluding hydrogens is 380 g/mol. The number of amides is 1. The molecule has 0 saturated carbocycles. The van der Waals surface area contributed by atoms with Gasteiger partial charge in [0.1, 0.15) is 5.56 Å². The Morgan fingerprint density at radius 2 is 1.93 bits per heavy atom. The van der Waals surface area contributed by atoms with Gasteiger partial charge in [-0.2, -0.15) is 5.10 Å². The predicted molar refractivity (Wildman–Crippen MR) is 108 cm³/mol. The summed E-state index contributed by atoms with van der Waals surface area (Å²) >= 11 is 6.08. The van der Waals surface area contributed by atoms with E-state index in [1.54, 1.807) is 12.1 Å². The molecule has 0 fully saturated rings. The number of carbonyl (C=O) groups excluding carboxylic acids is 1. The van der Waals surface area contributed by atoms with E-state index in [1.165, 1.54) is 24.4 Å². The zero-order chi connectivity index (χ0) is 20.3. The molecule has 0 atom stereocenters. The van der Waals surface area contributed by atoms with Crippen molar-refractivity contribution < 1.29 is 9.72 Å². The molecule has 0 aliphatic rings. The van der Waals surface area contributed by atoms with E-state index in [9.17, 15) is 14.9 Å². The molecule has 7 nitrogen and oxygen atoms in total. The summed E-state index contributed by atoms with van der Waals surface area (Å²) in [6.45, 7) is 3.89. The molecular formula is C20H17ClN4O3. The molecule has 3 aromatic rings. The van der Waals surface area contributed by atoms with Gasteiger partial charge >= 0.3 is 0 Å². The number of halogens is 1. The van der Waals surface area contributed by atoms with E-state index in [0.717, 1.165) is 22.6 Å². The van der Waals surface area contributed by atoms with E-state index >= 15 is 0 Å². The first-order valence-corrected chi connectivity index (χ1v) is 8.78. The maximum atomic E-state index is 12.2. The minimum Gasteiger partial charge on any atom is -0.318 e. The lowest BCUT2D eigenvalue weighted by Gasteiger charge is -2.09. The highest BCUT2D eigenvalue weighted by atomic mass is 35.5. The van der Waals surface area contributed by atoms with E-state index in [4.69, 9.17) is 11.6 Å². The fourth-order valence-electron chi connectivity index (χ4n) is 2.98. The van der Waals surface area contributed by atoms with Gasteiger partial charge in [-0.25, -0.2) is 5.43 Å². The number of benzene rings is 2. The Kier molecular flexibility index (Phi) is 5.56. The number of nitro groups is 1. The fourth-order valence-corrected chi connectivity index (χ4v) is 3.16. The highest BCUT2D eigenvalue weighted by molar-refractivity contribution is 6.30. The van der Waals surface area contributed by atoms with Crippen LogP contribution in [0, 0.1) is 24.0 Å². The number of hydrogen-bond acceptors (Lipinski definition) is 4. The third kappa shape index (κ3) is 3.94. The normalized spacial score (nSPS) is 11.0. The summed E-state index contributed by atoms with van der Waals surface area (Å²) in [5, 5.41) is 15.6. The van der Waals surface area contributed by atoms with Gasteiger partial charge in [0.05, 0.1) is 11.1 Å². The van der Waals surface area contributed by atoms with Gasteiger partial charge in [-0.3, -0.25) is 14.9 Å². The topological polar surface area (TPSA) is 89.5 Å². The standard InChI is InChI=1S/C20H17ClN4O3/c1-13-10-15(14(2)24(13)17-7-5-6-16(21)11-17)12-22-23-20(26)18-8-3-4-9-19(18)25(27)28/h3-12H,1-2H3,(H,23,26)/b22-12-. The van der Waals surface area contributed by atoms with Gasteiger partial charge in [0, 0.05) is 33.7 Å². The SMILES string of the molecule is Cc1cc(/C=N\NC(=O)c2ccccc2[N+](=O)[O-])c(C)n1-c1cccc(Cl)c1. The quantitative estimate of drug-likeness (QED) is 0.393. The number of nitrogens with zero attached hydrogens (tertiary/aromatic N) is 3. The predicted octanol–water partition coefficient (Wildman–Crippen LogP) is 4.42. The van der Waals surface area contributed by atoms with E-state index < -0.39 is 10.8 Å². The zero-order valence-corrected chi connectivity index (χ0v) is 16.0. The van der Waals surface area contributed by atoms with Crippen molar-refractivity contribution in [1.82, 2.24) is 9.99 Å². The van der Waals surface area contributed by atoms with Crippen molar-refractivity contribution in [2.75, 3.05) is 0 Å². The van der Waals surface area contributed by atoms with Crippen molar-refractivity contribution in [2.45, 2.75) is 13.8 Å². The highest BCUT2D eigenvalue weighted by Crippen LogP contribution is 2.22. The van der Waals surface area contributed by atoms with Crippen molar-refractivity contribution in [3.63, 3.8) is 0 Å². The van der Waals surface area contributed by atoms with Gasteiger partial charge in [-0.15, -0.1) is 0 Å². The molecule has 28 heavy (non-hydrogen) atoms. The van der Waals surface area contributed by atoms with Gasteiger partial charge in [0.2, 0.25) is 0 Å². The summed E-state index contributed by atoms with van der Waals surface area (Å²) in [4.78, 5) is 22.7. The lowest BCUT2D eigenvalue weighted by molar-refractivity contribution is -0.385. The van der Waals surface area contributed by atoms with Gasteiger partial charge in [0.15, 0.2) is 0 Å².